The van der Waals surface area contributed by atoms with Crippen molar-refractivity contribution in [3.05, 3.63) is 35.9 Å². The third kappa shape index (κ3) is 3.93. The topological polar surface area (TPSA) is 9.23 Å². The minimum absolute atomic E-state index is 0.721. The predicted molar refractivity (Wildman–Crippen MR) is 60.2 cm³/mol. The molecule has 1 heteroatoms. The van der Waals surface area contributed by atoms with Gasteiger partial charge in [0, 0.05) is 6.61 Å². The maximum Gasteiger partial charge on any atom is 0.0717 e. The largest absolute Gasteiger partial charge is 0.376 e. The second-order valence-corrected chi connectivity index (χ2v) is 3.68. The fourth-order valence-electron chi connectivity index (χ4n) is 1.44. The Balaban J connectivity index is 2.21. The number of benzene rings is 1. The highest BCUT2D eigenvalue weighted by Crippen LogP contribution is 2.09. The van der Waals surface area contributed by atoms with Crippen LogP contribution in [-0.2, 0) is 11.3 Å². The monoisotopic (exact) mass is 192 g/mol. The Hall–Kier alpha value is -0.820. The van der Waals surface area contributed by atoms with E-state index in [9.17, 15) is 0 Å². The first-order valence-corrected chi connectivity index (χ1v) is 5.48. The third-order valence-electron chi connectivity index (χ3n) is 2.62. The average molecular weight is 192 g/mol. The lowest BCUT2D eigenvalue weighted by molar-refractivity contribution is 0.0843. The third-order valence-corrected chi connectivity index (χ3v) is 2.62. The molecule has 78 valence electrons. The minimum atomic E-state index is 0.721. The summed E-state index contributed by atoms with van der Waals surface area (Å²) in [5, 5.41) is 0. The van der Waals surface area contributed by atoms with Gasteiger partial charge in [-0.3, -0.25) is 0 Å². The Kier molecular flexibility index (Phi) is 5.31. The molecule has 0 aliphatic carbocycles. The van der Waals surface area contributed by atoms with Crippen molar-refractivity contribution < 1.29 is 4.74 Å². The molecule has 0 bridgehead atoms. The van der Waals surface area contributed by atoms with Gasteiger partial charge < -0.3 is 4.74 Å². The highest BCUT2D eigenvalue weighted by Gasteiger charge is 2.02. The fourth-order valence-corrected chi connectivity index (χ4v) is 1.44. The lowest BCUT2D eigenvalue weighted by Crippen LogP contribution is -2.07. The molecular formula is C13H20O. The van der Waals surface area contributed by atoms with Crippen molar-refractivity contribution in [2.24, 2.45) is 5.92 Å². The van der Waals surface area contributed by atoms with Crippen molar-refractivity contribution in [3.63, 3.8) is 0 Å². The minimum Gasteiger partial charge on any atom is -0.376 e. The van der Waals surface area contributed by atoms with E-state index in [2.05, 4.69) is 38.1 Å². The molecule has 0 aliphatic heterocycles. The zero-order chi connectivity index (χ0) is 10.2. The smallest absolute Gasteiger partial charge is 0.0717 e. The van der Waals surface area contributed by atoms with E-state index in [1.165, 1.54) is 18.4 Å². The van der Waals surface area contributed by atoms with Crippen LogP contribution in [0.25, 0.3) is 0 Å². The molecule has 0 fully saturated rings. The molecule has 1 rings (SSSR count). The van der Waals surface area contributed by atoms with Crippen molar-refractivity contribution >= 4 is 0 Å². The maximum absolute atomic E-state index is 5.66. The normalized spacial score (nSPS) is 10.8. The lowest BCUT2D eigenvalue weighted by atomic mass is 10.1. The van der Waals surface area contributed by atoms with Gasteiger partial charge in [-0.05, 0) is 11.5 Å². The van der Waals surface area contributed by atoms with Crippen LogP contribution in [0.5, 0.6) is 0 Å². The van der Waals surface area contributed by atoms with E-state index in [4.69, 9.17) is 4.74 Å². The molecule has 0 aliphatic rings. The first-order valence-electron chi connectivity index (χ1n) is 5.48. The van der Waals surface area contributed by atoms with Gasteiger partial charge in [-0.1, -0.05) is 57.0 Å². The zero-order valence-corrected chi connectivity index (χ0v) is 9.20. The standard InChI is InChI=1S/C13H20O/c1-3-12(4-2)10-14-11-13-8-6-5-7-9-13/h5-9,12H,3-4,10-11H2,1-2H3. The van der Waals surface area contributed by atoms with Crippen LogP contribution in [0, 0.1) is 5.92 Å². The molecule has 1 nitrogen and oxygen atoms in total. The number of hydrogen-bond acceptors (Lipinski definition) is 1. The molecule has 0 radical (unpaired) electrons. The van der Waals surface area contributed by atoms with Gasteiger partial charge in [0.1, 0.15) is 0 Å². The van der Waals surface area contributed by atoms with Crippen LogP contribution < -0.4 is 0 Å². The Morgan fingerprint density at radius 3 is 2.29 bits per heavy atom. The molecule has 0 spiro atoms. The van der Waals surface area contributed by atoms with Gasteiger partial charge in [-0.15, -0.1) is 0 Å². The van der Waals surface area contributed by atoms with E-state index in [1.807, 2.05) is 6.07 Å². The SMILES string of the molecule is CCC(CC)COCc1ccccc1. The van der Waals surface area contributed by atoms with Crippen molar-refractivity contribution in [2.45, 2.75) is 33.3 Å². The van der Waals surface area contributed by atoms with Crippen molar-refractivity contribution in [1.29, 1.82) is 0 Å². The number of hydrogen-bond donors (Lipinski definition) is 0. The second kappa shape index (κ2) is 6.61. The summed E-state index contributed by atoms with van der Waals surface area (Å²) in [7, 11) is 0. The summed E-state index contributed by atoms with van der Waals surface area (Å²) in [6.07, 6.45) is 2.43. The van der Waals surface area contributed by atoms with Crippen LogP contribution in [0.1, 0.15) is 32.3 Å². The molecule has 0 saturated heterocycles. The van der Waals surface area contributed by atoms with Crippen LogP contribution in [0.4, 0.5) is 0 Å². The van der Waals surface area contributed by atoms with E-state index in [-0.39, 0.29) is 0 Å². The number of ether oxygens (including phenoxy) is 1. The zero-order valence-electron chi connectivity index (χ0n) is 9.20. The van der Waals surface area contributed by atoms with E-state index in [0.29, 0.717) is 0 Å². The first kappa shape index (κ1) is 11.3. The molecule has 1 aromatic carbocycles. The van der Waals surface area contributed by atoms with Gasteiger partial charge in [0.2, 0.25) is 0 Å². The van der Waals surface area contributed by atoms with Gasteiger partial charge in [0.25, 0.3) is 0 Å². The Bertz CT molecular complexity index is 226. The summed E-state index contributed by atoms with van der Waals surface area (Å²) in [6, 6.07) is 10.3. The summed E-state index contributed by atoms with van der Waals surface area (Å²) in [5.74, 6) is 0.721. The Labute approximate surface area is 87.1 Å². The van der Waals surface area contributed by atoms with E-state index in [0.717, 1.165) is 19.1 Å². The van der Waals surface area contributed by atoms with Crippen molar-refractivity contribution in [1.82, 2.24) is 0 Å². The Morgan fingerprint density at radius 1 is 1.07 bits per heavy atom. The fraction of sp³-hybridized carbons (Fsp3) is 0.538. The molecule has 0 N–H and O–H groups in total. The lowest BCUT2D eigenvalue weighted by Gasteiger charge is -2.12. The maximum atomic E-state index is 5.66. The van der Waals surface area contributed by atoms with Crippen LogP contribution in [0.3, 0.4) is 0 Å². The average Bonchev–Trinajstić information content (AvgIpc) is 2.26. The summed E-state index contributed by atoms with van der Waals surface area (Å²) in [5.41, 5.74) is 1.26. The van der Waals surface area contributed by atoms with E-state index < -0.39 is 0 Å². The van der Waals surface area contributed by atoms with Gasteiger partial charge in [0.05, 0.1) is 6.61 Å². The van der Waals surface area contributed by atoms with Gasteiger partial charge >= 0.3 is 0 Å². The molecule has 0 aromatic heterocycles. The van der Waals surface area contributed by atoms with Crippen molar-refractivity contribution in [2.75, 3.05) is 6.61 Å². The van der Waals surface area contributed by atoms with Crippen LogP contribution in [0.2, 0.25) is 0 Å². The van der Waals surface area contributed by atoms with E-state index in [1.54, 1.807) is 0 Å². The highest BCUT2D eigenvalue weighted by molar-refractivity contribution is 5.13. The summed E-state index contributed by atoms with van der Waals surface area (Å²) in [4.78, 5) is 0. The Morgan fingerprint density at radius 2 is 1.71 bits per heavy atom. The molecule has 1 aromatic rings. The summed E-state index contributed by atoms with van der Waals surface area (Å²) >= 11 is 0. The van der Waals surface area contributed by atoms with Crippen molar-refractivity contribution in [3.8, 4) is 0 Å². The van der Waals surface area contributed by atoms with Gasteiger partial charge in [-0.2, -0.15) is 0 Å². The highest BCUT2D eigenvalue weighted by atomic mass is 16.5. The molecule has 0 atom stereocenters. The number of rotatable bonds is 6. The molecule has 0 amide bonds. The van der Waals surface area contributed by atoms with Crippen LogP contribution in [-0.4, -0.2) is 6.61 Å². The van der Waals surface area contributed by atoms with Gasteiger partial charge in [0.15, 0.2) is 0 Å². The van der Waals surface area contributed by atoms with E-state index >= 15 is 0 Å². The second-order valence-electron chi connectivity index (χ2n) is 3.68. The molecule has 0 heterocycles. The van der Waals surface area contributed by atoms with Crippen LogP contribution >= 0.6 is 0 Å². The molecular weight excluding hydrogens is 172 g/mol. The summed E-state index contributed by atoms with van der Waals surface area (Å²) < 4.78 is 5.66. The molecule has 14 heavy (non-hydrogen) atoms. The first-order chi connectivity index (χ1) is 6.86. The predicted octanol–water partition coefficient (Wildman–Crippen LogP) is 3.64. The van der Waals surface area contributed by atoms with Crippen LogP contribution in [0.15, 0.2) is 30.3 Å². The van der Waals surface area contributed by atoms with Gasteiger partial charge in [-0.25, -0.2) is 0 Å². The molecule has 0 saturated carbocycles. The summed E-state index contributed by atoms with van der Waals surface area (Å²) in [6.45, 7) is 6.08. The molecule has 0 unspecified atom stereocenters. The quantitative estimate of drug-likeness (QED) is 0.668.